The Morgan fingerprint density at radius 1 is 1.25 bits per heavy atom. The zero-order valence-electron chi connectivity index (χ0n) is 16.9. The van der Waals surface area contributed by atoms with E-state index in [0.717, 1.165) is 66.7 Å². The molecule has 1 amide bonds. The Bertz CT molecular complexity index is 806. The van der Waals surface area contributed by atoms with Crippen LogP contribution < -0.4 is 15.5 Å². The SMILES string of the molecule is CCNC(=NCc1ccc(N2CCCC2=O)cc1)NCCc1c(C)noc1C. The first-order chi connectivity index (χ1) is 13.6. The molecule has 3 rings (SSSR count). The summed E-state index contributed by atoms with van der Waals surface area (Å²) in [6.07, 6.45) is 2.43. The summed E-state index contributed by atoms with van der Waals surface area (Å²) in [4.78, 5) is 18.4. The third-order valence-corrected chi connectivity index (χ3v) is 4.93. The highest BCUT2D eigenvalue weighted by molar-refractivity contribution is 5.95. The van der Waals surface area contributed by atoms with Crippen LogP contribution in [0.3, 0.4) is 0 Å². The monoisotopic (exact) mass is 383 g/mol. The van der Waals surface area contributed by atoms with E-state index in [1.165, 1.54) is 0 Å². The molecule has 1 aromatic carbocycles. The van der Waals surface area contributed by atoms with E-state index in [0.29, 0.717) is 13.0 Å². The lowest BCUT2D eigenvalue weighted by Crippen LogP contribution is -2.38. The Morgan fingerprint density at radius 3 is 2.64 bits per heavy atom. The molecule has 0 radical (unpaired) electrons. The number of aryl methyl sites for hydroxylation is 2. The van der Waals surface area contributed by atoms with Crippen molar-refractivity contribution in [2.24, 2.45) is 4.99 Å². The van der Waals surface area contributed by atoms with Crippen molar-refractivity contribution in [3.05, 3.63) is 46.8 Å². The minimum Gasteiger partial charge on any atom is -0.361 e. The minimum atomic E-state index is 0.211. The quantitative estimate of drug-likeness (QED) is 0.567. The van der Waals surface area contributed by atoms with E-state index < -0.39 is 0 Å². The van der Waals surface area contributed by atoms with Gasteiger partial charge in [-0.15, -0.1) is 0 Å². The van der Waals surface area contributed by atoms with E-state index in [-0.39, 0.29) is 5.91 Å². The second-order valence-corrected chi connectivity index (χ2v) is 6.99. The molecule has 0 atom stereocenters. The van der Waals surface area contributed by atoms with Crippen LogP contribution in [0.15, 0.2) is 33.8 Å². The number of rotatable bonds is 7. The van der Waals surface area contributed by atoms with Gasteiger partial charge in [-0.05, 0) is 51.3 Å². The average Bonchev–Trinajstić information content (AvgIpc) is 3.26. The lowest BCUT2D eigenvalue weighted by molar-refractivity contribution is -0.117. The highest BCUT2D eigenvalue weighted by Gasteiger charge is 2.21. The molecule has 150 valence electrons. The van der Waals surface area contributed by atoms with Gasteiger partial charge >= 0.3 is 0 Å². The molecule has 2 heterocycles. The zero-order valence-corrected chi connectivity index (χ0v) is 16.9. The Kier molecular flexibility index (Phi) is 6.68. The smallest absolute Gasteiger partial charge is 0.227 e. The van der Waals surface area contributed by atoms with Crippen LogP contribution in [0.1, 0.15) is 42.3 Å². The third-order valence-electron chi connectivity index (χ3n) is 4.93. The molecule has 1 aliphatic rings. The third kappa shape index (κ3) is 4.91. The van der Waals surface area contributed by atoms with Crippen molar-refractivity contribution < 1.29 is 9.32 Å². The fourth-order valence-electron chi connectivity index (χ4n) is 3.38. The van der Waals surface area contributed by atoms with Gasteiger partial charge in [0.25, 0.3) is 0 Å². The van der Waals surface area contributed by atoms with E-state index >= 15 is 0 Å². The molecule has 28 heavy (non-hydrogen) atoms. The van der Waals surface area contributed by atoms with Crippen LogP contribution in [0.2, 0.25) is 0 Å². The maximum absolute atomic E-state index is 11.9. The Hall–Kier alpha value is -2.83. The molecule has 0 saturated carbocycles. The predicted octanol–water partition coefficient (Wildman–Crippen LogP) is 2.72. The Labute approximate surface area is 166 Å². The highest BCUT2D eigenvalue weighted by atomic mass is 16.5. The molecule has 1 saturated heterocycles. The number of benzene rings is 1. The van der Waals surface area contributed by atoms with Crippen molar-refractivity contribution in [1.82, 2.24) is 15.8 Å². The van der Waals surface area contributed by atoms with Crippen LogP contribution in [0.25, 0.3) is 0 Å². The number of hydrogen-bond acceptors (Lipinski definition) is 4. The first kappa shape index (κ1) is 19.9. The highest BCUT2D eigenvalue weighted by Crippen LogP contribution is 2.21. The summed E-state index contributed by atoms with van der Waals surface area (Å²) in [5, 5.41) is 10.6. The van der Waals surface area contributed by atoms with Gasteiger partial charge in [0.2, 0.25) is 5.91 Å². The molecule has 7 nitrogen and oxygen atoms in total. The number of guanidine groups is 1. The molecule has 0 aliphatic carbocycles. The molecule has 1 aliphatic heterocycles. The number of aliphatic imine (C=N–C) groups is 1. The normalized spacial score (nSPS) is 14.6. The number of hydrogen-bond donors (Lipinski definition) is 2. The van der Waals surface area contributed by atoms with Crippen LogP contribution in [0, 0.1) is 13.8 Å². The van der Waals surface area contributed by atoms with Crippen LogP contribution in [-0.2, 0) is 17.8 Å². The van der Waals surface area contributed by atoms with Gasteiger partial charge in [-0.25, -0.2) is 4.99 Å². The number of aromatic nitrogens is 1. The molecular weight excluding hydrogens is 354 g/mol. The number of anilines is 1. The van der Waals surface area contributed by atoms with Gasteiger partial charge in [-0.3, -0.25) is 4.79 Å². The second kappa shape index (κ2) is 9.39. The van der Waals surface area contributed by atoms with E-state index in [1.807, 2.05) is 49.9 Å². The van der Waals surface area contributed by atoms with Crippen molar-refractivity contribution in [1.29, 1.82) is 0 Å². The van der Waals surface area contributed by atoms with Crippen LogP contribution in [0.4, 0.5) is 5.69 Å². The van der Waals surface area contributed by atoms with Gasteiger partial charge in [-0.1, -0.05) is 17.3 Å². The van der Waals surface area contributed by atoms with Gasteiger partial charge in [0.05, 0.1) is 12.2 Å². The van der Waals surface area contributed by atoms with Crippen molar-refractivity contribution in [3.8, 4) is 0 Å². The zero-order chi connectivity index (χ0) is 19.9. The van der Waals surface area contributed by atoms with Crippen molar-refractivity contribution in [3.63, 3.8) is 0 Å². The molecule has 0 bridgehead atoms. The number of carbonyl (C=O) groups excluding carboxylic acids is 1. The van der Waals surface area contributed by atoms with Crippen LogP contribution >= 0.6 is 0 Å². The van der Waals surface area contributed by atoms with E-state index in [1.54, 1.807) is 0 Å². The van der Waals surface area contributed by atoms with Gasteiger partial charge in [0.15, 0.2) is 5.96 Å². The lowest BCUT2D eigenvalue weighted by atomic mass is 10.1. The largest absolute Gasteiger partial charge is 0.361 e. The van der Waals surface area contributed by atoms with Gasteiger partial charge in [-0.2, -0.15) is 0 Å². The second-order valence-electron chi connectivity index (χ2n) is 6.99. The van der Waals surface area contributed by atoms with E-state index in [2.05, 4.69) is 20.8 Å². The maximum atomic E-state index is 11.9. The minimum absolute atomic E-state index is 0.211. The topological polar surface area (TPSA) is 82.8 Å². The van der Waals surface area contributed by atoms with E-state index in [9.17, 15) is 4.79 Å². The Morgan fingerprint density at radius 2 is 2.04 bits per heavy atom. The van der Waals surface area contributed by atoms with Crippen LogP contribution in [-0.4, -0.2) is 36.7 Å². The summed E-state index contributed by atoms with van der Waals surface area (Å²) in [6, 6.07) is 8.09. The summed E-state index contributed by atoms with van der Waals surface area (Å²) >= 11 is 0. The summed E-state index contributed by atoms with van der Waals surface area (Å²) in [7, 11) is 0. The van der Waals surface area contributed by atoms with Gasteiger partial charge in [0, 0.05) is 37.3 Å². The molecule has 1 aromatic heterocycles. The number of amides is 1. The summed E-state index contributed by atoms with van der Waals surface area (Å²) in [5.41, 5.74) is 4.17. The van der Waals surface area contributed by atoms with E-state index in [4.69, 9.17) is 4.52 Å². The molecule has 2 N–H and O–H groups in total. The Balaban J connectivity index is 1.55. The first-order valence-corrected chi connectivity index (χ1v) is 9.91. The van der Waals surface area contributed by atoms with Gasteiger partial charge < -0.3 is 20.1 Å². The molecule has 2 aromatic rings. The predicted molar refractivity (Wildman–Crippen MR) is 111 cm³/mol. The summed E-state index contributed by atoms with van der Waals surface area (Å²) in [5.74, 6) is 1.87. The molecule has 7 heteroatoms. The van der Waals surface area contributed by atoms with Gasteiger partial charge in [0.1, 0.15) is 5.76 Å². The summed E-state index contributed by atoms with van der Waals surface area (Å²) < 4.78 is 5.21. The van der Waals surface area contributed by atoms with Crippen LogP contribution in [0.5, 0.6) is 0 Å². The lowest BCUT2D eigenvalue weighted by Gasteiger charge is -2.16. The number of carbonyl (C=O) groups is 1. The maximum Gasteiger partial charge on any atom is 0.227 e. The fourth-order valence-corrected chi connectivity index (χ4v) is 3.38. The molecule has 0 spiro atoms. The number of nitrogens with zero attached hydrogens (tertiary/aromatic N) is 3. The first-order valence-electron chi connectivity index (χ1n) is 9.91. The molecule has 0 unspecified atom stereocenters. The fraction of sp³-hybridized carbons (Fsp3) is 0.476. The number of nitrogens with one attached hydrogen (secondary N) is 2. The molecule has 1 fully saturated rings. The standard InChI is InChI=1S/C21H29N5O2/c1-4-22-21(23-12-11-19-15(2)25-28-16(19)3)24-14-17-7-9-18(10-8-17)26-13-5-6-20(26)27/h7-10H,4-6,11-14H2,1-3H3,(H2,22,23,24). The summed E-state index contributed by atoms with van der Waals surface area (Å²) in [6.45, 7) is 8.90. The molecular formula is C21H29N5O2. The van der Waals surface area contributed by atoms with Crippen molar-refractivity contribution in [2.75, 3.05) is 24.5 Å². The van der Waals surface area contributed by atoms with Crippen molar-refractivity contribution >= 4 is 17.6 Å². The average molecular weight is 383 g/mol. The van der Waals surface area contributed by atoms with Crippen molar-refractivity contribution in [2.45, 2.75) is 46.6 Å².